The van der Waals surface area contributed by atoms with Crippen molar-refractivity contribution in [3.63, 3.8) is 0 Å². The van der Waals surface area contributed by atoms with Gasteiger partial charge in [0.25, 0.3) is 5.91 Å². The molecule has 2 aromatic heterocycles. The summed E-state index contributed by atoms with van der Waals surface area (Å²) in [5, 5.41) is 7.95. The maximum absolute atomic E-state index is 13.0. The number of benzene rings is 2. The fourth-order valence-electron chi connectivity index (χ4n) is 4.11. The SMILES string of the molecule is C[C@@H](c1nc(-c2cccc(C(F)(F)F)c2)no1)N1CCN(C(=O)c2ccc(-n3cncn3)cc2)CC1. The van der Waals surface area contributed by atoms with E-state index in [1.807, 2.05) is 19.1 Å². The first-order valence-electron chi connectivity index (χ1n) is 11.3. The molecule has 5 rings (SSSR count). The van der Waals surface area contributed by atoms with Gasteiger partial charge in [0.15, 0.2) is 0 Å². The zero-order valence-electron chi connectivity index (χ0n) is 19.3. The molecule has 3 heterocycles. The van der Waals surface area contributed by atoms with E-state index in [-0.39, 0.29) is 23.3 Å². The highest BCUT2D eigenvalue weighted by atomic mass is 19.4. The van der Waals surface area contributed by atoms with Crippen LogP contribution in [0.15, 0.2) is 65.7 Å². The van der Waals surface area contributed by atoms with Gasteiger partial charge in [-0.15, -0.1) is 0 Å². The lowest BCUT2D eigenvalue weighted by Gasteiger charge is -2.36. The lowest BCUT2D eigenvalue weighted by Crippen LogP contribution is -2.49. The van der Waals surface area contributed by atoms with Crippen LogP contribution >= 0.6 is 0 Å². The molecule has 1 aliphatic heterocycles. The van der Waals surface area contributed by atoms with Crippen LogP contribution in [0.3, 0.4) is 0 Å². The van der Waals surface area contributed by atoms with E-state index in [2.05, 4.69) is 25.1 Å². The number of rotatable bonds is 5. The first kappa shape index (κ1) is 23.7. The van der Waals surface area contributed by atoms with Crippen LogP contribution in [0.1, 0.15) is 34.8 Å². The smallest absolute Gasteiger partial charge is 0.337 e. The van der Waals surface area contributed by atoms with Gasteiger partial charge in [0, 0.05) is 37.3 Å². The van der Waals surface area contributed by atoms with E-state index in [0.717, 1.165) is 17.8 Å². The molecule has 1 atom stereocenters. The van der Waals surface area contributed by atoms with E-state index >= 15 is 0 Å². The molecule has 0 spiro atoms. The molecule has 0 N–H and O–H groups in total. The molecule has 0 aliphatic carbocycles. The van der Waals surface area contributed by atoms with Crippen molar-refractivity contribution in [1.82, 2.24) is 34.7 Å². The van der Waals surface area contributed by atoms with E-state index in [4.69, 9.17) is 4.52 Å². The molecule has 186 valence electrons. The molecule has 9 nitrogen and oxygen atoms in total. The maximum Gasteiger partial charge on any atom is 0.416 e. The highest BCUT2D eigenvalue weighted by Crippen LogP contribution is 2.32. The largest absolute Gasteiger partial charge is 0.416 e. The van der Waals surface area contributed by atoms with Crippen LogP contribution in [0.2, 0.25) is 0 Å². The summed E-state index contributed by atoms with van der Waals surface area (Å²) < 4.78 is 46.1. The second-order valence-electron chi connectivity index (χ2n) is 8.43. The molecule has 0 saturated carbocycles. The predicted molar refractivity (Wildman–Crippen MR) is 122 cm³/mol. The molecule has 4 aromatic rings. The van der Waals surface area contributed by atoms with Crippen molar-refractivity contribution in [3.8, 4) is 17.1 Å². The summed E-state index contributed by atoms with van der Waals surface area (Å²) in [6, 6.07) is 11.7. The van der Waals surface area contributed by atoms with Crippen molar-refractivity contribution >= 4 is 5.91 Å². The Balaban J connectivity index is 1.20. The van der Waals surface area contributed by atoms with Crippen LogP contribution in [0.5, 0.6) is 0 Å². The highest BCUT2D eigenvalue weighted by Gasteiger charge is 2.31. The van der Waals surface area contributed by atoms with Crippen molar-refractivity contribution < 1.29 is 22.5 Å². The minimum absolute atomic E-state index is 0.0583. The van der Waals surface area contributed by atoms with Crippen LogP contribution < -0.4 is 0 Å². The summed E-state index contributed by atoms with van der Waals surface area (Å²) in [6.45, 7) is 4.10. The first-order valence-corrected chi connectivity index (χ1v) is 11.3. The molecule has 1 fully saturated rings. The van der Waals surface area contributed by atoms with Gasteiger partial charge >= 0.3 is 6.18 Å². The van der Waals surface area contributed by atoms with Crippen molar-refractivity contribution in [2.45, 2.75) is 19.1 Å². The number of halogens is 3. The zero-order valence-corrected chi connectivity index (χ0v) is 19.3. The second-order valence-corrected chi connectivity index (χ2v) is 8.43. The Morgan fingerprint density at radius 2 is 1.81 bits per heavy atom. The van der Waals surface area contributed by atoms with Gasteiger partial charge < -0.3 is 9.42 Å². The molecular weight excluding hydrogens is 475 g/mol. The lowest BCUT2D eigenvalue weighted by atomic mass is 10.1. The van der Waals surface area contributed by atoms with Gasteiger partial charge in [0.2, 0.25) is 11.7 Å². The van der Waals surface area contributed by atoms with Gasteiger partial charge in [-0.3, -0.25) is 9.69 Å². The van der Waals surface area contributed by atoms with Crippen LogP contribution in [-0.4, -0.2) is 66.8 Å². The molecule has 1 saturated heterocycles. The molecule has 0 bridgehead atoms. The van der Waals surface area contributed by atoms with Crippen molar-refractivity contribution in [1.29, 1.82) is 0 Å². The highest BCUT2D eigenvalue weighted by molar-refractivity contribution is 5.94. The van der Waals surface area contributed by atoms with Gasteiger partial charge in [-0.25, -0.2) is 9.67 Å². The quantitative estimate of drug-likeness (QED) is 0.413. The Morgan fingerprint density at radius 1 is 1.06 bits per heavy atom. The summed E-state index contributed by atoms with van der Waals surface area (Å²) in [6.07, 6.45) is -1.42. The Kier molecular flexibility index (Phi) is 6.27. The van der Waals surface area contributed by atoms with Gasteiger partial charge in [-0.05, 0) is 43.3 Å². The van der Waals surface area contributed by atoms with Crippen LogP contribution in [-0.2, 0) is 6.18 Å². The standard InChI is InChI=1S/C24H22F3N7O2/c1-16(22-30-21(31-36-22)18-3-2-4-19(13-18)24(25,26)27)32-9-11-33(12-10-32)23(35)17-5-7-20(8-6-17)34-15-28-14-29-34/h2-8,13-16H,9-12H2,1H3/t16-/m0/s1. The average Bonchev–Trinajstić information content (AvgIpc) is 3.61. The third-order valence-electron chi connectivity index (χ3n) is 6.19. The molecule has 2 aromatic carbocycles. The Bertz CT molecular complexity index is 1330. The third-order valence-corrected chi connectivity index (χ3v) is 6.19. The number of piperazine rings is 1. The topological polar surface area (TPSA) is 93.2 Å². The summed E-state index contributed by atoms with van der Waals surface area (Å²) in [5.41, 5.74) is 0.861. The minimum atomic E-state index is -4.45. The molecule has 36 heavy (non-hydrogen) atoms. The second kappa shape index (κ2) is 9.53. The summed E-state index contributed by atoms with van der Waals surface area (Å²) in [7, 11) is 0. The van der Waals surface area contributed by atoms with Gasteiger partial charge in [-0.2, -0.15) is 23.3 Å². The molecule has 0 radical (unpaired) electrons. The van der Waals surface area contributed by atoms with Gasteiger partial charge in [0.05, 0.1) is 17.3 Å². The van der Waals surface area contributed by atoms with Crippen LogP contribution in [0.4, 0.5) is 13.2 Å². The summed E-state index contributed by atoms with van der Waals surface area (Å²) in [4.78, 5) is 25.1. The van der Waals surface area contributed by atoms with Crippen molar-refractivity contribution in [2.24, 2.45) is 0 Å². The number of amides is 1. The first-order chi connectivity index (χ1) is 17.3. The van der Waals surface area contributed by atoms with Crippen LogP contribution in [0, 0.1) is 0 Å². The number of aromatic nitrogens is 5. The number of hydrogen-bond donors (Lipinski definition) is 0. The van der Waals surface area contributed by atoms with E-state index < -0.39 is 11.7 Å². The normalized spacial score (nSPS) is 15.7. The molecule has 1 amide bonds. The lowest BCUT2D eigenvalue weighted by molar-refractivity contribution is -0.137. The Hall–Kier alpha value is -4.06. The third kappa shape index (κ3) is 4.85. The van der Waals surface area contributed by atoms with E-state index in [9.17, 15) is 18.0 Å². The van der Waals surface area contributed by atoms with E-state index in [0.29, 0.717) is 37.6 Å². The van der Waals surface area contributed by atoms with E-state index in [1.54, 1.807) is 28.0 Å². The maximum atomic E-state index is 13.0. The Labute approximate surface area is 204 Å². The average molecular weight is 497 g/mol. The van der Waals surface area contributed by atoms with Gasteiger partial charge in [-0.1, -0.05) is 17.3 Å². The van der Waals surface area contributed by atoms with E-state index in [1.165, 1.54) is 18.5 Å². The van der Waals surface area contributed by atoms with Crippen molar-refractivity contribution in [3.05, 3.63) is 78.2 Å². The summed E-state index contributed by atoms with van der Waals surface area (Å²) >= 11 is 0. The predicted octanol–water partition coefficient (Wildman–Crippen LogP) is 3.86. The fraction of sp³-hybridized carbons (Fsp3) is 0.292. The number of carbonyl (C=O) groups is 1. The number of hydrogen-bond acceptors (Lipinski definition) is 7. The van der Waals surface area contributed by atoms with Crippen LogP contribution in [0.25, 0.3) is 17.1 Å². The molecule has 1 aliphatic rings. The number of alkyl halides is 3. The summed E-state index contributed by atoms with van der Waals surface area (Å²) in [5.74, 6) is 0.356. The number of carbonyl (C=O) groups excluding carboxylic acids is 1. The minimum Gasteiger partial charge on any atom is -0.337 e. The molecular formula is C24H22F3N7O2. The Morgan fingerprint density at radius 3 is 2.47 bits per heavy atom. The fourth-order valence-corrected chi connectivity index (χ4v) is 4.11. The molecule has 12 heteroatoms. The monoisotopic (exact) mass is 497 g/mol. The van der Waals surface area contributed by atoms with Gasteiger partial charge in [0.1, 0.15) is 12.7 Å². The zero-order chi connectivity index (χ0) is 25.3. The van der Waals surface area contributed by atoms with Crippen molar-refractivity contribution in [2.75, 3.05) is 26.2 Å². The molecule has 0 unspecified atom stereocenters. The number of nitrogens with zero attached hydrogens (tertiary/aromatic N) is 7.